The summed E-state index contributed by atoms with van der Waals surface area (Å²) in [6, 6.07) is 3.72. The van der Waals surface area contributed by atoms with Crippen molar-refractivity contribution < 1.29 is 14.7 Å². The van der Waals surface area contributed by atoms with Crippen LogP contribution < -0.4 is 4.90 Å². The van der Waals surface area contributed by atoms with Crippen LogP contribution in [0.3, 0.4) is 0 Å². The van der Waals surface area contributed by atoms with Crippen LogP contribution in [0.4, 0.5) is 5.82 Å². The Morgan fingerprint density at radius 2 is 1.83 bits per heavy atom. The number of anilines is 1. The summed E-state index contributed by atoms with van der Waals surface area (Å²) in [4.78, 5) is 32.2. The van der Waals surface area contributed by atoms with E-state index in [-0.39, 0.29) is 18.4 Å². The fourth-order valence-electron chi connectivity index (χ4n) is 3.64. The molecule has 0 saturated carbocycles. The molecule has 1 aromatic rings. The first kappa shape index (κ1) is 16.7. The third-order valence-corrected chi connectivity index (χ3v) is 5.14. The van der Waals surface area contributed by atoms with E-state index in [1.807, 2.05) is 19.1 Å². The van der Waals surface area contributed by atoms with Crippen LogP contribution in [0, 0.1) is 11.8 Å². The van der Waals surface area contributed by atoms with Gasteiger partial charge in [-0.3, -0.25) is 9.59 Å². The van der Waals surface area contributed by atoms with Crippen molar-refractivity contribution in [3.05, 3.63) is 23.9 Å². The summed E-state index contributed by atoms with van der Waals surface area (Å²) in [5, 5.41) is 9.20. The fourth-order valence-corrected chi connectivity index (χ4v) is 3.64. The maximum atomic E-state index is 12.6. The maximum absolute atomic E-state index is 12.6. The highest BCUT2D eigenvalue weighted by Crippen LogP contribution is 2.25. The Kier molecular flexibility index (Phi) is 5.02. The van der Waals surface area contributed by atoms with E-state index in [0.717, 1.165) is 18.9 Å². The number of carboxylic acids is 1. The second-order valence-corrected chi connectivity index (χ2v) is 6.94. The van der Waals surface area contributed by atoms with Gasteiger partial charge in [-0.15, -0.1) is 0 Å². The molecule has 0 aliphatic carbocycles. The number of carboxylic acid groups (broad SMARTS) is 1. The highest BCUT2D eigenvalue weighted by atomic mass is 16.4. The quantitative estimate of drug-likeness (QED) is 0.919. The summed E-state index contributed by atoms with van der Waals surface area (Å²) in [5.41, 5.74) is 0.534. The number of hydrogen-bond donors (Lipinski definition) is 1. The smallest absolute Gasteiger partial charge is 0.308 e. The van der Waals surface area contributed by atoms with E-state index in [0.29, 0.717) is 12.1 Å². The van der Waals surface area contributed by atoms with Gasteiger partial charge in [-0.2, -0.15) is 0 Å². The molecule has 1 amide bonds. The Balaban J connectivity index is 1.67. The highest BCUT2D eigenvalue weighted by molar-refractivity contribution is 5.94. The monoisotopic (exact) mass is 331 g/mol. The summed E-state index contributed by atoms with van der Waals surface area (Å²) in [5.74, 6) is -0.520. The third-order valence-electron chi connectivity index (χ3n) is 5.14. The summed E-state index contributed by atoms with van der Waals surface area (Å²) in [6.45, 7) is 4.69. The zero-order valence-corrected chi connectivity index (χ0v) is 14.1. The number of aliphatic carboxylic acids is 1. The average Bonchev–Trinajstić information content (AvgIpc) is 2.80. The van der Waals surface area contributed by atoms with E-state index in [9.17, 15) is 14.7 Å². The fraction of sp³-hybridized carbons (Fsp3) is 0.611. The number of carbonyl (C=O) groups excluding carboxylic acids is 1. The number of pyridine rings is 1. The third kappa shape index (κ3) is 3.52. The minimum Gasteiger partial charge on any atom is -0.481 e. The molecule has 24 heavy (non-hydrogen) atoms. The lowest BCUT2D eigenvalue weighted by molar-refractivity contribution is -0.142. The lowest BCUT2D eigenvalue weighted by Gasteiger charge is -2.22. The second-order valence-electron chi connectivity index (χ2n) is 6.94. The SMILES string of the molecule is C[C@@H]1CN(C(=O)c2ccc(N3CCCCCC3)nc2)C[C@H]1C(=O)O. The van der Waals surface area contributed by atoms with Crippen LogP contribution in [0.15, 0.2) is 18.3 Å². The highest BCUT2D eigenvalue weighted by Gasteiger charge is 2.37. The molecule has 2 atom stereocenters. The van der Waals surface area contributed by atoms with Crippen molar-refractivity contribution in [2.45, 2.75) is 32.6 Å². The molecule has 0 spiro atoms. The molecular weight excluding hydrogens is 306 g/mol. The van der Waals surface area contributed by atoms with Crippen LogP contribution in [-0.2, 0) is 4.79 Å². The van der Waals surface area contributed by atoms with E-state index in [1.54, 1.807) is 11.1 Å². The number of rotatable bonds is 3. The van der Waals surface area contributed by atoms with Gasteiger partial charge in [0, 0.05) is 32.4 Å². The molecular formula is C18H25N3O3. The van der Waals surface area contributed by atoms with Gasteiger partial charge in [-0.05, 0) is 30.9 Å². The van der Waals surface area contributed by atoms with Gasteiger partial charge in [0.25, 0.3) is 5.91 Å². The van der Waals surface area contributed by atoms with E-state index >= 15 is 0 Å². The molecule has 2 saturated heterocycles. The maximum Gasteiger partial charge on any atom is 0.308 e. The number of aromatic nitrogens is 1. The van der Waals surface area contributed by atoms with Crippen LogP contribution in [0.5, 0.6) is 0 Å². The number of carbonyl (C=O) groups is 2. The van der Waals surface area contributed by atoms with Gasteiger partial charge in [0.05, 0.1) is 11.5 Å². The van der Waals surface area contributed by atoms with Crippen molar-refractivity contribution in [1.82, 2.24) is 9.88 Å². The molecule has 6 heteroatoms. The molecule has 0 radical (unpaired) electrons. The number of nitrogens with zero attached hydrogens (tertiary/aromatic N) is 3. The van der Waals surface area contributed by atoms with E-state index in [2.05, 4.69) is 9.88 Å². The van der Waals surface area contributed by atoms with Crippen molar-refractivity contribution in [1.29, 1.82) is 0 Å². The van der Waals surface area contributed by atoms with Crippen LogP contribution >= 0.6 is 0 Å². The Morgan fingerprint density at radius 1 is 1.12 bits per heavy atom. The molecule has 1 N–H and O–H groups in total. The molecule has 0 bridgehead atoms. The van der Waals surface area contributed by atoms with Gasteiger partial charge in [-0.25, -0.2) is 4.98 Å². The zero-order chi connectivity index (χ0) is 17.1. The van der Waals surface area contributed by atoms with Gasteiger partial charge in [0.15, 0.2) is 0 Å². The lowest BCUT2D eigenvalue weighted by Crippen LogP contribution is -2.30. The molecule has 3 heterocycles. The first-order valence-electron chi connectivity index (χ1n) is 8.79. The Bertz CT molecular complexity index is 594. The van der Waals surface area contributed by atoms with Crippen LogP contribution in [0.25, 0.3) is 0 Å². The summed E-state index contributed by atoms with van der Waals surface area (Å²) in [6.07, 6.45) is 6.53. The normalized spacial score (nSPS) is 24.7. The van der Waals surface area contributed by atoms with E-state index in [1.165, 1.54) is 25.7 Å². The standard InChI is InChI=1S/C18H25N3O3/c1-13-11-21(12-15(13)18(23)24)17(22)14-6-7-16(19-10-14)20-8-4-2-3-5-9-20/h6-7,10,13,15H,2-5,8-9,11-12H2,1H3,(H,23,24)/t13-,15-/m1/s1. The largest absolute Gasteiger partial charge is 0.481 e. The predicted octanol–water partition coefficient (Wildman–Crippen LogP) is 2.25. The first-order valence-corrected chi connectivity index (χ1v) is 8.79. The predicted molar refractivity (Wildman–Crippen MR) is 91.1 cm³/mol. The van der Waals surface area contributed by atoms with Crippen molar-refractivity contribution in [3.8, 4) is 0 Å². The van der Waals surface area contributed by atoms with Crippen molar-refractivity contribution in [2.24, 2.45) is 11.8 Å². The summed E-state index contributed by atoms with van der Waals surface area (Å²) < 4.78 is 0. The van der Waals surface area contributed by atoms with Gasteiger partial charge in [-0.1, -0.05) is 19.8 Å². The number of likely N-dealkylation sites (tertiary alicyclic amines) is 1. The Hall–Kier alpha value is -2.11. The lowest BCUT2D eigenvalue weighted by atomic mass is 9.99. The Morgan fingerprint density at radius 3 is 2.38 bits per heavy atom. The van der Waals surface area contributed by atoms with Crippen LogP contribution in [-0.4, -0.2) is 53.0 Å². The second kappa shape index (κ2) is 7.20. The molecule has 2 aliphatic rings. The molecule has 2 aliphatic heterocycles. The topological polar surface area (TPSA) is 73.7 Å². The molecule has 0 aromatic carbocycles. The van der Waals surface area contributed by atoms with Crippen LogP contribution in [0.2, 0.25) is 0 Å². The minimum absolute atomic E-state index is 0.0178. The Labute approximate surface area is 142 Å². The van der Waals surface area contributed by atoms with Gasteiger partial charge < -0.3 is 14.9 Å². The molecule has 130 valence electrons. The van der Waals surface area contributed by atoms with Crippen molar-refractivity contribution in [2.75, 3.05) is 31.1 Å². The molecule has 0 unspecified atom stereocenters. The van der Waals surface area contributed by atoms with Gasteiger partial charge >= 0.3 is 5.97 Å². The molecule has 2 fully saturated rings. The number of amides is 1. The average molecular weight is 331 g/mol. The van der Waals surface area contributed by atoms with E-state index < -0.39 is 11.9 Å². The van der Waals surface area contributed by atoms with Crippen molar-refractivity contribution in [3.63, 3.8) is 0 Å². The number of hydrogen-bond acceptors (Lipinski definition) is 4. The first-order chi connectivity index (χ1) is 11.6. The van der Waals surface area contributed by atoms with Gasteiger partial charge in [0.2, 0.25) is 0 Å². The van der Waals surface area contributed by atoms with Gasteiger partial charge in [0.1, 0.15) is 5.82 Å². The van der Waals surface area contributed by atoms with Crippen LogP contribution in [0.1, 0.15) is 43.0 Å². The van der Waals surface area contributed by atoms with Crippen molar-refractivity contribution >= 4 is 17.7 Å². The summed E-state index contributed by atoms with van der Waals surface area (Å²) in [7, 11) is 0. The zero-order valence-electron chi connectivity index (χ0n) is 14.1. The molecule has 6 nitrogen and oxygen atoms in total. The molecule has 3 rings (SSSR count). The molecule has 1 aromatic heterocycles. The minimum atomic E-state index is -0.826. The summed E-state index contributed by atoms with van der Waals surface area (Å²) >= 11 is 0. The van der Waals surface area contributed by atoms with E-state index in [4.69, 9.17) is 0 Å².